The van der Waals surface area contributed by atoms with Crippen LogP contribution in [0.4, 0.5) is 5.82 Å². The molecule has 1 aromatic carbocycles. The summed E-state index contributed by atoms with van der Waals surface area (Å²) in [7, 11) is 0. The maximum absolute atomic E-state index is 13.0. The first-order valence-corrected chi connectivity index (χ1v) is 9.50. The molecule has 0 radical (unpaired) electrons. The summed E-state index contributed by atoms with van der Waals surface area (Å²) >= 11 is 0. The molecule has 0 aliphatic heterocycles. The Morgan fingerprint density at radius 2 is 2.04 bits per heavy atom. The predicted octanol–water partition coefficient (Wildman–Crippen LogP) is 4.26. The van der Waals surface area contributed by atoms with E-state index in [2.05, 4.69) is 67.4 Å². The predicted molar refractivity (Wildman–Crippen MR) is 107 cm³/mol. The lowest BCUT2D eigenvalue weighted by atomic mass is 9.80. The third-order valence-corrected chi connectivity index (χ3v) is 5.57. The largest absolute Gasteiger partial charge is 0.309 e. The molecule has 1 aliphatic carbocycles. The van der Waals surface area contributed by atoms with Crippen LogP contribution in [0.5, 0.6) is 0 Å². The van der Waals surface area contributed by atoms with Crippen LogP contribution in [0.3, 0.4) is 0 Å². The number of carbonyl (C=O) groups is 1. The molecule has 2 aromatic heterocycles. The number of benzene rings is 1. The lowest BCUT2D eigenvalue weighted by molar-refractivity contribution is -0.117. The van der Waals surface area contributed by atoms with Crippen LogP contribution < -0.4 is 5.32 Å². The minimum Gasteiger partial charge on any atom is -0.309 e. The van der Waals surface area contributed by atoms with Crippen LogP contribution in [0.25, 0.3) is 5.65 Å². The summed E-state index contributed by atoms with van der Waals surface area (Å²) < 4.78 is 1.74. The Hall–Kier alpha value is -2.69. The van der Waals surface area contributed by atoms with Gasteiger partial charge in [-0.15, -0.1) is 5.10 Å². The van der Waals surface area contributed by atoms with E-state index in [4.69, 9.17) is 0 Å². The van der Waals surface area contributed by atoms with Gasteiger partial charge in [-0.2, -0.15) is 0 Å². The second-order valence-corrected chi connectivity index (χ2v) is 8.80. The van der Waals surface area contributed by atoms with Crippen LogP contribution in [0.1, 0.15) is 57.2 Å². The minimum atomic E-state index is -0.178. The van der Waals surface area contributed by atoms with E-state index in [-0.39, 0.29) is 16.7 Å². The van der Waals surface area contributed by atoms with Crippen molar-refractivity contribution in [2.24, 2.45) is 0 Å². The van der Waals surface area contributed by atoms with Crippen molar-refractivity contribution in [2.45, 2.75) is 57.8 Å². The molecule has 3 aromatic rings. The number of aryl methyl sites for hydroxylation is 1. The Labute approximate surface area is 159 Å². The number of carbonyl (C=O) groups excluding carboxylic acids is 1. The SMILES string of the molecule is CC(C)(C)c1c(NC(=O)CC2(C)CCc3ccccc32)nn2cccnc12. The summed E-state index contributed by atoms with van der Waals surface area (Å²) in [5.74, 6) is 0.615. The van der Waals surface area contributed by atoms with Crippen LogP contribution >= 0.6 is 0 Å². The Kier molecular flexibility index (Phi) is 4.06. The van der Waals surface area contributed by atoms with Crippen LogP contribution in [-0.4, -0.2) is 20.5 Å². The third kappa shape index (κ3) is 3.11. The van der Waals surface area contributed by atoms with E-state index in [1.807, 2.05) is 12.3 Å². The van der Waals surface area contributed by atoms with Gasteiger partial charge in [0.05, 0.1) is 0 Å². The molecule has 1 N–H and O–H groups in total. The second kappa shape index (κ2) is 6.19. The first-order chi connectivity index (χ1) is 12.8. The third-order valence-electron chi connectivity index (χ3n) is 5.57. The zero-order chi connectivity index (χ0) is 19.2. The van der Waals surface area contributed by atoms with Crippen molar-refractivity contribution in [3.05, 3.63) is 59.4 Å². The quantitative estimate of drug-likeness (QED) is 0.757. The standard InChI is InChI=1S/C22H26N4O/c1-21(2,3)18-19(25-26-13-7-12-23-20(18)26)24-17(27)14-22(4)11-10-15-8-5-6-9-16(15)22/h5-9,12-13H,10-11,14H2,1-4H3,(H,24,25,27). The first-order valence-electron chi connectivity index (χ1n) is 9.50. The number of fused-ring (bicyclic) bond motifs is 2. The van der Waals surface area contributed by atoms with Gasteiger partial charge < -0.3 is 5.32 Å². The maximum Gasteiger partial charge on any atom is 0.226 e. The van der Waals surface area contributed by atoms with Gasteiger partial charge in [0.25, 0.3) is 0 Å². The Morgan fingerprint density at radius 3 is 2.81 bits per heavy atom. The van der Waals surface area contributed by atoms with E-state index in [0.717, 1.165) is 24.1 Å². The molecule has 4 rings (SSSR count). The monoisotopic (exact) mass is 362 g/mol. The fourth-order valence-corrected chi connectivity index (χ4v) is 4.25. The highest BCUT2D eigenvalue weighted by Gasteiger charge is 2.36. The molecular formula is C22H26N4O. The van der Waals surface area contributed by atoms with Gasteiger partial charge in [-0.3, -0.25) is 4.79 Å². The molecule has 1 amide bonds. The molecule has 0 bridgehead atoms. The molecule has 5 nitrogen and oxygen atoms in total. The van der Waals surface area contributed by atoms with Gasteiger partial charge in [0, 0.05) is 29.8 Å². The molecule has 1 aliphatic rings. The number of nitrogens with one attached hydrogen (secondary N) is 1. The molecule has 0 spiro atoms. The highest BCUT2D eigenvalue weighted by atomic mass is 16.1. The topological polar surface area (TPSA) is 59.3 Å². The summed E-state index contributed by atoms with van der Waals surface area (Å²) in [4.78, 5) is 17.4. The Morgan fingerprint density at radius 1 is 1.26 bits per heavy atom. The molecule has 140 valence electrons. The summed E-state index contributed by atoms with van der Waals surface area (Å²) in [6.07, 6.45) is 6.11. The number of nitrogens with zero attached hydrogens (tertiary/aromatic N) is 3. The zero-order valence-corrected chi connectivity index (χ0v) is 16.4. The number of amides is 1. The van der Waals surface area contributed by atoms with Crippen LogP contribution in [0, 0.1) is 0 Å². The normalized spacial score (nSPS) is 19.3. The van der Waals surface area contributed by atoms with E-state index in [1.165, 1.54) is 11.1 Å². The van der Waals surface area contributed by atoms with Crippen molar-refractivity contribution < 1.29 is 4.79 Å². The molecule has 0 saturated heterocycles. The van der Waals surface area contributed by atoms with Gasteiger partial charge >= 0.3 is 0 Å². The van der Waals surface area contributed by atoms with Gasteiger partial charge in [-0.25, -0.2) is 9.50 Å². The zero-order valence-electron chi connectivity index (χ0n) is 16.4. The highest BCUT2D eigenvalue weighted by Crippen LogP contribution is 2.41. The molecular weight excluding hydrogens is 336 g/mol. The summed E-state index contributed by atoms with van der Waals surface area (Å²) in [6.45, 7) is 8.53. The molecule has 27 heavy (non-hydrogen) atoms. The minimum absolute atomic E-state index is 0.00288. The first kappa shape index (κ1) is 17.7. The summed E-state index contributed by atoms with van der Waals surface area (Å²) in [5.41, 5.74) is 4.11. The smallest absolute Gasteiger partial charge is 0.226 e. The summed E-state index contributed by atoms with van der Waals surface area (Å²) in [5, 5.41) is 7.66. The van der Waals surface area contributed by atoms with E-state index >= 15 is 0 Å². The molecule has 5 heteroatoms. The van der Waals surface area contributed by atoms with Crippen LogP contribution in [0.2, 0.25) is 0 Å². The van der Waals surface area contributed by atoms with Gasteiger partial charge in [0.15, 0.2) is 11.5 Å². The molecule has 0 saturated carbocycles. The fourth-order valence-electron chi connectivity index (χ4n) is 4.25. The van der Waals surface area contributed by atoms with Gasteiger partial charge in [0.2, 0.25) is 5.91 Å². The number of rotatable bonds is 3. The molecule has 1 unspecified atom stereocenters. The van der Waals surface area contributed by atoms with Crippen molar-refractivity contribution in [3.8, 4) is 0 Å². The highest BCUT2D eigenvalue weighted by molar-refractivity contribution is 5.92. The van der Waals surface area contributed by atoms with Crippen molar-refractivity contribution >= 4 is 17.4 Å². The van der Waals surface area contributed by atoms with E-state index < -0.39 is 0 Å². The van der Waals surface area contributed by atoms with Crippen molar-refractivity contribution in [1.82, 2.24) is 14.6 Å². The van der Waals surface area contributed by atoms with Gasteiger partial charge in [-0.05, 0) is 35.4 Å². The summed E-state index contributed by atoms with van der Waals surface area (Å²) in [6, 6.07) is 10.3. The van der Waals surface area contributed by atoms with Crippen molar-refractivity contribution in [2.75, 3.05) is 5.32 Å². The Balaban J connectivity index is 1.63. The number of hydrogen-bond donors (Lipinski definition) is 1. The molecule has 0 fully saturated rings. The maximum atomic E-state index is 13.0. The van der Waals surface area contributed by atoms with Gasteiger partial charge in [-0.1, -0.05) is 52.0 Å². The number of aromatic nitrogens is 3. The van der Waals surface area contributed by atoms with Crippen LogP contribution in [0.15, 0.2) is 42.7 Å². The average molecular weight is 362 g/mol. The Bertz CT molecular complexity index is 1010. The van der Waals surface area contributed by atoms with Gasteiger partial charge in [0.1, 0.15) is 0 Å². The number of hydrogen-bond acceptors (Lipinski definition) is 3. The van der Waals surface area contributed by atoms with E-state index in [0.29, 0.717) is 12.2 Å². The molecule has 1 atom stereocenters. The van der Waals surface area contributed by atoms with Crippen molar-refractivity contribution in [1.29, 1.82) is 0 Å². The fraction of sp³-hybridized carbons (Fsp3) is 0.409. The van der Waals surface area contributed by atoms with Crippen LogP contribution in [-0.2, 0) is 22.0 Å². The number of anilines is 1. The lowest BCUT2D eigenvalue weighted by Gasteiger charge is -2.25. The molecule has 2 heterocycles. The van der Waals surface area contributed by atoms with Crippen molar-refractivity contribution in [3.63, 3.8) is 0 Å². The van der Waals surface area contributed by atoms with E-state index in [1.54, 1.807) is 10.7 Å². The average Bonchev–Trinajstić information content (AvgIpc) is 3.12. The van der Waals surface area contributed by atoms with E-state index in [9.17, 15) is 4.79 Å². The second-order valence-electron chi connectivity index (χ2n) is 8.80. The lowest BCUT2D eigenvalue weighted by Crippen LogP contribution is -2.27.